The largest absolute Gasteiger partial charge is 0.456 e. The number of benzene rings is 2. The van der Waals surface area contributed by atoms with E-state index in [1.165, 1.54) is 0 Å². The lowest BCUT2D eigenvalue weighted by Crippen LogP contribution is -2.21. The molecule has 102 valence electrons. The molecule has 0 aliphatic heterocycles. The first-order chi connectivity index (χ1) is 9.48. The lowest BCUT2D eigenvalue weighted by Gasteiger charge is -2.21. The Morgan fingerprint density at radius 2 is 1.85 bits per heavy atom. The summed E-state index contributed by atoms with van der Waals surface area (Å²) in [4.78, 5) is 0. The van der Waals surface area contributed by atoms with Crippen LogP contribution in [0.5, 0.6) is 0 Å². The highest BCUT2D eigenvalue weighted by Gasteiger charge is 2.30. The van der Waals surface area contributed by atoms with E-state index in [2.05, 4.69) is 22.6 Å². The van der Waals surface area contributed by atoms with Gasteiger partial charge >= 0.3 is 0 Å². The second kappa shape index (κ2) is 5.06. The van der Waals surface area contributed by atoms with Gasteiger partial charge in [-0.25, -0.2) is 0 Å². The Balaban J connectivity index is 2.13. The van der Waals surface area contributed by atoms with Gasteiger partial charge in [-0.05, 0) is 59.3 Å². The summed E-state index contributed by atoms with van der Waals surface area (Å²) in [5.74, 6) is 0.488. The molecule has 0 aliphatic rings. The van der Waals surface area contributed by atoms with Crippen LogP contribution in [0.2, 0.25) is 5.02 Å². The van der Waals surface area contributed by atoms with Crippen LogP contribution in [0, 0.1) is 3.57 Å². The van der Waals surface area contributed by atoms with E-state index in [9.17, 15) is 5.11 Å². The maximum atomic E-state index is 10.8. The third kappa shape index (κ3) is 2.34. The molecule has 1 N–H and O–H groups in total. The quantitative estimate of drug-likeness (QED) is 0.620. The van der Waals surface area contributed by atoms with Crippen molar-refractivity contribution in [2.75, 3.05) is 0 Å². The minimum atomic E-state index is -1.19. The third-order valence-corrected chi connectivity index (χ3v) is 4.40. The van der Waals surface area contributed by atoms with E-state index in [0.717, 1.165) is 14.5 Å². The van der Waals surface area contributed by atoms with E-state index in [0.29, 0.717) is 16.4 Å². The maximum Gasteiger partial charge on any atom is 0.153 e. The van der Waals surface area contributed by atoms with Gasteiger partial charge in [0.1, 0.15) is 11.4 Å². The van der Waals surface area contributed by atoms with Gasteiger partial charge < -0.3 is 9.52 Å². The highest BCUT2D eigenvalue weighted by atomic mass is 127. The molecular formula is C16H12ClIO2. The van der Waals surface area contributed by atoms with Gasteiger partial charge in [-0.3, -0.25) is 0 Å². The Hall–Kier alpha value is -1.04. The van der Waals surface area contributed by atoms with Crippen LogP contribution in [0.25, 0.3) is 11.0 Å². The van der Waals surface area contributed by atoms with E-state index in [1.54, 1.807) is 13.0 Å². The van der Waals surface area contributed by atoms with Crippen molar-refractivity contribution in [3.8, 4) is 0 Å². The molecule has 2 aromatic carbocycles. The van der Waals surface area contributed by atoms with Crippen LogP contribution in [0.1, 0.15) is 18.2 Å². The topological polar surface area (TPSA) is 33.4 Å². The van der Waals surface area contributed by atoms with Gasteiger partial charge in [-0.2, -0.15) is 0 Å². The van der Waals surface area contributed by atoms with Crippen molar-refractivity contribution < 1.29 is 9.52 Å². The van der Waals surface area contributed by atoms with E-state index in [-0.39, 0.29) is 0 Å². The van der Waals surface area contributed by atoms with Crippen LogP contribution in [0.4, 0.5) is 0 Å². The molecular weight excluding hydrogens is 387 g/mol. The zero-order chi connectivity index (χ0) is 14.3. The van der Waals surface area contributed by atoms with Crippen LogP contribution >= 0.6 is 34.2 Å². The monoisotopic (exact) mass is 398 g/mol. The Labute approximate surface area is 135 Å². The van der Waals surface area contributed by atoms with Crippen molar-refractivity contribution in [2.24, 2.45) is 0 Å². The van der Waals surface area contributed by atoms with Crippen molar-refractivity contribution in [3.63, 3.8) is 0 Å². The first-order valence-corrected chi connectivity index (χ1v) is 7.61. The number of halogens is 2. The standard InChI is InChI=1S/C16H12ClIO2/c1-16(19,11-5-7-12(18)8-6-11)14-9-10-3-2-4-13(17)15(10)20-14/h2-9,19H,1H3. The van der Waals surface area contributed by atoms with Crippen molar-refractivity contribution in [2.45, 2.75) is 12.5 Å². The first-order valence-electron chi connectivity index (χ1n) is 6.15. The van der Waals surface area contributed by atoms with Gasteiger partial charge in [0.15, 0.2) is 5.58 Å². The molecule has 0 saturated heterocycles. The fourth-order valence-corrected chi connectivity index (χ4v) is 2.76. The molecule has 1 aromatic heterocycles. The van der Waals surface area contributed by atoms with Gasteiger partial charge in [-0.15, -0.1) is 0 Å². The Bertz CT molecular complexity index is 760. The van der Waals surface area contributed by atoms with Gasteiger partial charge in [0.2, 0.25) is 0 Å². The van der Waals surface area contributed by atoms with Crippen LogP contribution < -0.4 is 0 Å². The zero-order valence-corrected chi connectivity index (χ0v) is 13.6. The fraction of sp³-hybridized carbons (Fsp3) is 0.125. The average Bonchev–Trinajstić information content (AvgIpc) is 2.85. The maximum absolute atomic E-state index is 10.8. The van der Waals surface area contributed by atoms with Crippen molar-refractivity contribution in [1.29, 1.82) is 0 Å². The summed E-state index contributed by atoms with van der Waals surface area (Å²) in [6, 6.07) is 15.1. The van der Waals surface area contributed by atoms with Crippen LogP contribution in [0.3, 0.4) is 0 Å². The van der Waals surface area contributed by atoms with E-state index >= 15 is 0 Å². The number of aliphatic hydroxyl groups is 1. The molecule has 3 rings (SSSR count). The van der Waals surface area contributed by atoms with Crippen molar-refractivity contribution >= 4 is 45.2 Å². The number of para-hydroxylation sites is 1. The smallest absolute Gasteiger partial charge is 0.153 e. The lowest BCUT2D eigenvalue weighted by atomic mass is 9.93. The number of hydrogen-bond donors (Lipinski definition) is 1. The molecule has 0 aliphatic carbocycles. The molecule has 4 heteroatoms. The lowest BCUT2D eigenvalue weighted by molar-refractivity contribution is 0.0786. The first kappa shape index (κ1) is 13.9. The predicted molar refractivity (Wildman–Crippen MR) is 89.1 cm³/mol. The number of rotatable bonds is 2. The van der Waals surface area contributed by atoms with E-state index in [1.807, 2.05) is 42.5 Å². The molecule has 0 amide bonds. The van der Waals surface area contributed by atoms with Gasteiger partial charge in [-0.1, -0.05) is 35.9 Å². The van der Waals surface area contributed by atoms with Crippen LogP contribution in [-0.4, -0.2) is 5.11 Å². The van der Waals surface area contributed by atoms with Crippen molar-refractivity contribution in [3.05, 3.63) is 68.4 Å². The fourth-order valence-electron chi connectivity index (χ4n) is 2.18. The summed E-state index contributed by atoms with van der Waals surface area (Å²) in [5, 5.41) is 12.2. The third-order valence-electron chi connectivity index (χ3n) is 3.38. The molecule has 1 heterocycles. The molecule has 0 fully saturated rings. The molecule has 2 nitrogen and oxygen atoms in total. The Morgan fingerprint density at radius 1 is 1.15 bits per heavy atom. The molecule has 0 saturated carbocycles. The van der Waals surface area contributed by atoms with E-state index in [4.69, 9.17) is 16.0 Å². The number of furan rings is 1. The predicted octanol–water partition coefficient (Wildman–Crippen LogP) is 4.95. The van der Waals surface area contributed by atoms with Crippen molar-refractivity contribution in [1.82, 2.24) is 0 Å². The van der Waals surface area contributed by atoms with Crippen LogP contribution in [-0.2, 0) is 5.60 Å². The molecule has 0 radical (unpaired) electrons. The second-order valence-corrected chi connectivity index (χ2v) is 6.50. The SMILES string of the molecule is CC(O)(c1ccc(I)cc1)c1cc2cccc(Cl)c2o1. The van der Waals surface area contributed by atoms with Gasteiger partial charge in [0.05, 0.1) is 5.02 Å². The minimum absolute atomic E-state index is 0.488. The minimum Gasteiger partial charge on any atom is -0.456 e. The average molecular weight is 399 g/mol. The van der Waals surface area contributed by atoms with Gasteiger partial charge in [0, 0.05) is 8.96 Å². The molecule has 20 heavy (non-hydrogen) atoms. The van der Waals surface area contributed by atoms with Crippen LogP contribution in [0.15, 0.2) is 52.9 Å². The number of fused-ring (bicyclic) bond motifs is 1. The highest BCUT2D eigenvalue weighted by molar-refractivity contribution is 14.1. The molecule has 1 unspecified atom stereocenters. The molecule has 1 atom stereocenters. The second-order valence-electron chi connectivity index (χ2n) is 4.85. The zero-order valence-electron chi connectivity index (χ0n) is 10.7. The summed E-state index contributed by atoms with van der Waals surface area (Å²) < 4.78 is 6.88. The molecule has 0 spiro atoms. The number of hydrogen-bond acceptors (Lipinski definition) is 2. The molecule has 0 bridgehead atoms. The summed E-state index contributed by atoms with van der Waals surface area (Å²) in [6.45, 7) is 1.72. The Morgan fingerprint density at radius 3 is 2.50 bits per heavy atom. The normalized spacial score (nSPS) is 14.4. The van der Waals surface area contributed by atoms with E-state index < -0.39 is 5.60 Å². The summed E-state index contributed by atoms with van der Waals surface area (Å²) in [7, 11) is 0. The summed E-state index contributed by atoms with van der Waals surface area (Å²) in [6.07, 6.45) is 0. The summed E-state index contributed by atoms with van der Waals surface area (Å²) in [5.41, 5.74) is 0.204. The molecule has 3 aromatic rings. The Kier molecular flexibility index (Phi) is 3.52. The highest BCUT2D eigenvalue weighted by Crippen LogP contribution is 2.35. The summed E-state index contributed by atoms with van der Waals surface area (Å²) >= 11 is 8.34. The van der Waals surface area contributed by atoms with Gasteiger partial charge in [0.25, 0.3) is 0 Å².